The second kappa shape index (κ2) is 13.0. The molecule has 5 aromatic carbocycles. The third-order valence-electron chi connectivity index (χ3n) is 12.4. The number of aromatic nitrogens is 1. The number of para-hydroxylation sites is 2. The molecule has 2 aliphatic heterocycles. The minimum absolute atomic E-state index is 0.111. The number of rotatable bonds is 6. The minimum atomic E-state index is -1.56. The third kappa shape index (κ3) is 4.99. The van der Waals surface area contributed by atoms with Crippen LogP contribution in [0.1, 0.15) is 29.9 Å². The van der Waals surface area contributed by atoms with E-state index in [1.807, 2.05) is 60.7 Å². The largest absolute Gasteiger partial charge is 0.508 e. The van der Waals surface area contributed by atoms with Gasteiger partial charge in [0.1, 0.15) is 17.0 Å². The smallest absolute Gasteiger partial charge is 0.246 e. The maximum absolute atomic E-state index is 15.5. The summed E-state index contributed by atoms with van der Waals surface area (Å²) in [6.07, 6.45) is 2.29. The van der Waals surface area contributed by atoms with Crippen LogP contribution in [0.2, 0.25) is 5.02 Å². The monoisotopic (exact) mass is 775 g/mol. The molecule has 3 fully saturated rings. The van der Waals surface area contributed by atoms with Gasteiger partial charge in [-0.05, 0) is 91.1 Å². The lowest BCUT2D eigenvalue weighted by atomic mass is 9.49. The van der Waals surface area contributed by atoms with Gasteiger partial charge in [0.05, 0.1) is 41.7 Å². The Hall–Kier alpha value is -6.52. The summed E-state index contributed by atoms with van der Waals surface area (Å²) >= 11 is 6.43. The van der Waals surface area contributed by atoms with Gasteiger partial charge in [-0.2, -0.15) is 0 Å². The number of hydrogen-bond acceptors (Lipinski definition) is 8. The highest BCUT2D eigenvalue weighted by molar-refractivity contribution is 6.32. The Morgan fingerprint density at radius 1 is 0.789 bits per heavy atom. The standard InChI is InChI=1S/C46H34ClN3O7/c1-56-37-16-8-14-35(51)39(37)40-30-21-22-31-38(44(54)49(42(31)52)28-19-17-25(18-20-28)41-48-34-13-5-6-15-36(34)57-41)32(30)24-33-43(53)50(29-12-7-11-27(47)23-29)45(55)46(33,40)26-9-3-2-4-10-26/h2-21,23,31-33,38,40,51H,22,24H2,1H3. The number of imide groups is 2. The molecule has 2 saturated heterocycles. The highest BCUT2D eigenvalue weighted by Gasteiger charge is 2.71. The summed E-state index contributed by atoms with van der Waals surface area (Å²) in [5.41, 5.74) is 2.85. The van der Waals surface area contributed by atoms with Gasteiger partial charge < -0.3 is 14.3 Å². The minimum Gasteiger partial charge on any atom is -0.508 e. The van der Waals surface area contributed by atoms with Gasteiger partial charge in [-0.3, -0.25) is 24.1 Å². The fourth-order valence-corrected chi connectivity index (χ4v) is 10.2. The number of halogens is 1. The first kappa shape index (κ1) is 34.9. The average Bonchev–Trinajstić information content (AvgIpc) is 3.85. The molecule has 10 nitrogen and oxygen atoms in total. The van der Waals surface area contributed by atoms with E-state index in [0.717, 1.165) is 5.52 Å². The summed E-state index contributed by atoms with van der Waals surface area (Å²) < 4.78 is 11.8. The molecule has 0 radical (unpaired) electrons. The fraction of sp³-hybridized carbons (Fsp3) is 0.196. The molecule has 1 N–H and O–H groups in total. The van der Waals surface area contributed by atoms with Crippen molar-refractivity contribution in [3.05, 3.63) is 149 Å². The molecule has 282 valence electrons. The SMILES string of the molecule is COc1cccc(O)c1C1C2=CCC3C(=O)N(c4ccc(-c5nc6ccccc6o5)cc4)C(=O)C3C2CC2C(=O)N(c3cccc(Cl)c3)C(=O)C21c1ccccc1. The normalized spacial score (nSPS) is 25.4. The van der Waals surface area contributed by atoms with Gasteiger partial charge in [-0.25, -0.2) is 9.88 Å². The maximum Gasteiger partial charge on any atom is 0.246 e. The Kier molecular flexibility index (Phi) is 7.98. The summed E-state index contributed by atoms with van der Waals surface area (Å²) in [4.78, 5) is 66.7. The van der Waals surface area contributed by atoms with E-state index < -0.39 is 46.8 Å². The van der Waals surface area contributed by atoms with E-state index in [1.54, 1.807) is 60.7 Å². The molecule has 0 bridgehead atoms. The van der Waals surface area contributed by atoms with Crippen LogP contribution in [0.5, 0.6) is 11.5 Å². The average molecular weight is 776 g/mol. The van der Waals surface area contributed by atoms with E-state index in [9.17, 15) is 14.7 Å². The number of hydrogen-bond donors (Lipinski definition) is 1. The summed E-state index contributed by atoms with van der Waals surface area (Å²) in [5.74, 6) is -5.11. The fourth-order valence-electron chi connectivity index (χ4n) is 10.1. The Morgan fingerprint density at radius 2 is 1.54 bits per heavy atom. The number of aromatic hydroxyl groups is 1. The first-order chi connectivity index (χ1) is 27.7. The van der Waals surface area contributed by atoms with Crippen LogP contribution in [0.3, 0.4) is 0 Å². The molecule has 11 heteroatoms. The summed E-state index contributed by atoms with van der Waals surface area (Å²) in [5, 5.41) is 12.1. The second-order valence-corrected chi connectivity index (χ2v) is 15.5. The van der Waals surface area contributed by atoms with Crippen LogP contribution in [-0.4, -0.2) is 40.8 Å². The molecule has 6 unspecified atom stereocenters. The predicted molar refractivity (Wildman–Crippen MR) is 213 cm³/mol. The first-order valence-electron chi connectivity index (χ1n) is 18.8. The van der Waals surface area contributed by atoms with Crippen LogP contribution >= 0.6 is 11.6 Å². The number of methoxy groups -OCH3 is 1. The third-order valence-corrected chi connectivity index (χ3v) is 12.6. The number of fused-ring (bicyclic) bond motifs is 5. The summed E-state index contributed by atoms with van der Waals surface area (Å²) in [6.45, 7) is 0. The molecule has 1 saturated carbocycles. The van der Waals surface area contributed by atoms with Gasteiger partial charge in [0.15, 0.2) is 5.58 Å². The number of carbonyl (C=O) groups excluding carboxylic acids is 4. The Balaban J connectivity index is 1.11. The van der Waals surface area contributed by atoms with Gasteiger partial charge in [-0.15, -0.1) is 0 Å². The molecule has 1 aromatic heterocycles. The lowest BCUT2D eigenvalue weighted by molar-refractivity contribution is -0.127. The number of anilines is 2. The number of nitrogens with zero attached hydrogens (tertiary/aromatic N) is 3. The Bertz CT molecular complexity index is 2660. The predicted octanol–water partition coefficient (Wildman–Crippen LogP) is 8.23. The van der Waals surface area contributed by atoms with Crippen LogP contribution < -0.4 is 14.5 Å². The number of allylic oxidation sites excluding steroid dienone is 2. The highest BCUT2D eigenvalue weighted by Crippen LogP contribution is 2.66. The van der Waals surface area contributed by atoms with Gasteiger partial charge in [0.2, 0.25) is 29.5 Å². The zero-order valence-electron chi connectivity index (χ0n) is 30.5. The van der Waals surface area contributed by atoms with E-state index in [0.29, 0.717) is 55.9 Å². The van der Waals surface area contributed by atoms with Crippen LogP contribution in [0.15, 0.2) is 137 Å². The maximum atomic E-state index is 15.5. The lowest BCUT2D eigenvalue weighted by Gasteiger charge is -2.51. The molecule has 3 heterocycles. The topological polar surface area (TPSA) is 130 Å². The molecule has 4 aliphatic rings. The highest BCUT2D eigenvalue weighted by atomic mass is 35.5. The first-order valence-corrected chi connectivity index (χ1v) is 19.2. The molecule has 10 rings (SSSR count). The quantitative estimate of drug-likeness (QED) is 0.132. The van der Waals surface area contributed by atoms with E-state index in [2.05, 4.69) is 4.98 Å². The van der Waals surface area contributed by atoms with Crippen molar-refractivity contribution in [2.24, 2.45) is 23.7 Å². The lowest BCUT2D eigenvalue weighted by Crippen LogP contribution is -2.53. The number of oxazole rings is 1. The van der Waals surface area contributed by atoms with Crippen molar-refractivity contribution in [1.29, 1.82) is 0 Å². The summed E-state index contributed by atoms with van der Waals surface area (Å²) in [7, 11) is 1.49. The van der Waals surface area contributed by atoms with Crippen molar-refractivity contribution < 1.29 is 33.4 Å². The van der Waals surface area contributed by atoms with Crippen molar-refractivity contribution in [3.63, 3.8) is 0 Å². The molecule has 6 atom stereocenters. The van der Waals surface area contributed by atoms with Gasteiger partial charge in [0.25, 0.3) is 0 Å². The van der Waals surface area contributed by atoms with Crippen LogP contribution in [-0.2, 0) is 24.6 Å². The van der Waals surface area contributed by atoms with Crippen LogP contribution in [0, 0.1) is 23.7 Å². The second-order valence-electron chi connectivity index (χ2n) is 15.0. The number of amides is 4. The van der Waals surface area contributed by atoms with E-state index in [4.69, 9.17) is 20.8 Å². The van der Waals surface area contributed by atoms with Crippen molar-refractivity contribution in [3.8, 4) is 23.0 Å². The zero-order valence-corrected chi connectivity index (χ0v) is 31.3. The molecule has 2 aliphatic carbocycles. The van der Waals surface area contributed by atoms with Crippen molar-refractivity contribution in [2.75, 3.05) is 16.9 Å². The molecule has 6 aromatic rings. The van der Waals surface area contributed by atoms with E-state index >= 15 is 9.59 Å². The molecular weight excluding hydrogens is 742 g/mol. The Labute approximate surface area is 331 Å². The number of carbonyl (C=O) groups is 4. The van der Waals surface area contributed by atoms with Gasteiger partial charge in [0, 0.05) is 22.1 Å². The number of benzene rings is 5. The number of ether oxygens (including phenoxy) is 1. The number of phenols is 1. The molecule has 0 spiro atoms. The van der Waals surface area contributed by atoms with Crippen molar-refractivity contribution >= 4 is 57.7 Å². The van der Waals surface area contributed by atoms with Crippen LogP contribution in [0.4, 0.5) is 11.4 Å². The molecule has 4 amide bonds. The van der Waals surface area contributed by atoms with Gasteiger partial charge >= 0.3 is 0 Å². The van der Waals surface area contributed by atoms with E-state index in [-0.39, 0.29) is 30.4 Å². The number of phenolic OH excluding ortho intramolecular Hbond substituents is 1. The molecular formula is C46H34ClN3O7. The molecule has 57 heavy (non-hydrogen) atoms. The zero-order chi connectivity index (χ0) is 39.2. The van der Waals surface area contributed by atoms with E-state index in [1.165, 1.54) is 23.0 Å². The van der Waals surface area contributed by atoms with Crippen molar-refractivity contribution in [2.45, 2.75) is 24.2 Å². The van der Waals surface area contributed by atoms with Crippen LogP contribution in [0.25, 0.3) is 22.6 Å². The van der Waals surface area contributed by atoms with Crippen molar-refractivity contribution in [1.82, 2.24) is 4.98 Å². The summed E-state index contributed by atoms with van der Waals surface area (Å²) in [6, 6.07) is 35.1. The Morgan fingerprint density at radius 3 is 2.30 bits per heavy atom. The van der Waals surface area contributed by atoms with Gasteiger partial charge in [-0.1, -0.05) is 77.8 Å².